The molecule has 0 radical (unpaired) electrons. The number of rotatable bonds is 6. The van der Waals surface area contributed by atoms with Crippen molar-refractivity contribution >= 4 is 29.1 Å². The van der Waals surface area contributed by atoms with Crippen LogP contribution in [0.25, 0.3) is 0 Å². The van der Waals surface area contributed by atoms with Crippen LogP contribution in [0.15, 0.2) is 43.2 Å². The molecule has 1 saturated carbocycles. The maximum absolute atomic E-state index is 10.9. The second-order valence-electron chi connectivity index (χ2n) is 5.91. The van der Waals surface area contributed by atoms with Gasteiger partial charge in [0.2, 0.25) is 0 Å². The van der Waals surface area contributed by atoms with Crippen LogP contribution in [0.1, 0.15) is 18.4 Å². The molecule has 1 aromatic heterocycles. The molecular weight excluding hydrogens is 342 g/mol. The summed E-state index contributed by atoms with van der Waals surface area (Å²) in [5.41, 5.74) is 1.95. The Hall–Kier alpha value is -2.60. The third-order valence-electron chi connectivity index (χ3n) is 4.21. The number of carboxylic acids is 1. The molecule has 1 aromatic carbocycles. The highest BCUT2D eigenvalue weighted by Gasteiger charge is 2.36. The quantitative estimate of drug-likeness (QED) is 0.841. The van der Waals surface area contributed by atoms with E-state index in [0.29, 0.717) is 23.7 Å². The zero-order valence-corrected chi connectivity index (χ0v) is 14.5. The predicted octanol–water partition coefficient (Wildman–Crippen LogP) is 3.96. The summed E-state index contributed by atoms with van der Waals surface area (Å²) in [4.78, 5) is 21.1. The number of halogens is 1. The molecule has 3 rings (SSSR count). The summed E-state index contributed by atoms with van der Waals surface area (Å²) in [6.45, 7) is 5.83. The van der Waals surface area contributed by atoms with Gasteiger partial charge in [-0.3, -0.25) is 4.79 Å². The van der Waals surface area contributed by atoms with Crippen LogP contribution in [0, 0.1) is 12.8 Å². The molecule has 1 aliphatic rings. The number of carbonyl (C=O) groups is 1. The first kappa shape index (κ1) is 17.2. The first-order chi connectivity index (χ1) is 12.0. The fourth-order valence-corrected chi connectivity index (χ4v) is 2.90. The number of benzene rings is 1. The fraction of sp³-hybridized carbons (Fsp3) is 0.278. The summed E-state index contributed by atoms with van der Waals surface area (Å²) in [6.07, 6.45) is 3.83. The molecule has 0 spiro atoms. The van der Waals surface area contributed by atoms with E-state index in [-0.39, 0.29) is 18.0 Å². The van der Waals surface area contributed by atoms with E-state index in [9.17, 15) is 4.79 Å². The van der Waals surface area contributed by atoms with Crippen LogP contribution < -0.4 is 9.64 Å². The summed E-state index contributed by atoms with van der Waals surface area (Å²) >= 11 is 6.27. The Kier molecular flexibility index (Phi) is 4.90. The maximum atomic E-state index is 10.9. The van der Waals surface area contributed by atoms with Gasteiger partial charge in [-0.05, 0) is 31.4 Å². The van der Waals surface area contributed by atoms with Crippen LogP contribution in [0.4, 0.5) is 11.5 Å². The minimum Gasteiger partial charge on any atom is -0.481 e. The highest BCUT2D eigenvalue weighted by Crippen LogP contribution is 2.35. The first-order valence-corrected chi connectivity index (χ1v) is 8.26. The highest BCUT2D eigenvalue weighted by atomic mass is 35.5. The standard InChI is InChI=1S/C18H18ClN3O3/c1-3-22(15-7-5-4-6-11(15)2)16-14(19)10-20-18(21-16)25-13-8-12(9-13)17(23)24/h3-7,10,12-13H,1,8-9H2,2H3,(H,23,24). The van der Waals surface area contributed by atoms with Crippen LogP contribution in [0.5, 0.6) is 6.01 Å². The average molecular weight is 360 g/mol. The summed E-state index contributed by atoms with van der Waals surface area (Å²) < 4.78 is 5.68. The van der Waals surface area contributed by atoms with Crippen molar-refractivity contribution in [2.75, 3.05) is 4.90 Å². The van der Waals surface area contributed by atoms with Crippen LogP contribution in [0.2, 0.25) is 5.02 Å². The van der Waals surface area contributed by atoms with Gasteiger partial charge in [0, 0.05) is 11.9 Å². The van der Waals surface area contributed by atoms with Gasteiger partial charge in [-0.15, -0.1) is 0 Å². The van der Waals surface area contributed by atoms with E-state index in [1.54, 1.807) is 11.1 Å². The van der Waals surface area contributed by atoms with Crippen molar-refractivity contribution in [2.24, 2.45) is 5.92 Å². The SMILES string of the molecule is C=CN(c1ccccc1C)c1nc(OC2CC(C(=O)O)C2)ncc1Cl. The third kappa shape index (κ3) is 3.58. The topological polar surface area (TPSA) is 75.6 Å². The minimum absolute atomic E-state index is 0.175. The smallest absolute Gasteiger partial charge is 0.318 e. The number of hydrogen-bond donors (Lipinski definition) is 1. The number of carboxylic acid groups (broad SMARTS) is 1. The van der Waals surface area contributed by atoms with E-state index < -0.39 is 5.97 Å². The number of aromatic nitrogens is 2. The molecule has 7 heteroatoms. The molecule has 0 saturated heterocycles. The number of para-hydroxylation sites is 1. The normalized spacial score (nSPS) is 19.0. The summed E-state index contributed by atoms with van der Waals surface area (Å²) in [7, 11) is 0. The van der Waals surface area contributed by atoms with Gasteiger partial charge in [0.25, 0.3) is 0 Å². The Morgan fingerprint density at radius 2 is 2.16 bits per heavy atom. The molecule has 1 N–H and O–H groups in total. The number of nitrogens with zero attached hydrogens (tertiary/aromatic N) is 3. The Balaban J connectivity index is 1.83. The van der Waals surface area contributed by atoms with E-state index in [1.165, 1.54) is 6.20 Å². The molecule has 6 nitrogen and oxygen atoms in total. The second kappa shape index (κ2) is 7.11. The van der Waals surface area contributed by atoms with Crippen molar-refractivity contribution in [3.8, 4) is 6.01 Å². The van der Waals surface area contributed by atoms with Crippen molar-refractivity contribution < 1.29 is 14.6 Å². The molecule has 0 bridgehead atoms. The Morgan fingerprint density at radius 1 is 1.44 bits per heavy atom. The van der Waals surface area contributed by atoms with E-state index in [0.717, 1.165) is 11.3 Å². The molecule has 1 fully saturated rings. The fourth-order valence-electron chi connectivity index (χ4n) is 2.71. The molecule has 0 amide bonds. The monoisotopic (exact) mass is 359 g/mol. The van der Waals surface area contributed by atoms with Gasteiger partial charge in [-0.25, -0.2) is 4.98 Å². The largest absolute Gasteiger partial charge is 0.481 e. The van der Waals surface area contributed by atoms with E-state index >= 15 is 0 Å². The van der Waals surface area contributed by atoms with Gasteiger partial charge in [-0.1, -0.05) is 36.4 Å². The first-order valence-electron chi connectivity index (χ1n) is 7.89. The van der Waals surface area contributed by atoms with Gasteiger partial charge < -0.3 is 14.7 Å². The molecule has 0 unspecified atom stereocenters. The Morgan fingerprint density at radius 3 is 2.80 bits per heavy atom. The number of hydrogen-bond acceptors (Lipinski definition) is 5. The van der Waals surface area contributed by atoms with Gasteiger partial charge in [-0.2, -0.15) is 4.98 Å². The lowest BCUT2D eigenvalue weighted by atomic mass is 9.82. The van der Waals surface area contributed by atoms with Crippen molar-refractivity contribution in [2.45, 2.75) is 25.9 Å². The number of aliphatic carboxylic acids is 1. The number of aryl methyl sites for hydroxylation is 1. The Labute approximate surface area is 150 Å². The molecule has 1 heterocycles. The molecular formula is C18H18ClN3O3. The van der Waals surface area contributed by atoms with Crippen LogP contribution in [0.3, 0.4) is 0 Å². The van der Waals surface area contributed by atoms with Crippen LogP contribution in [-0.4, -0.2) is 27.1 Å². The summed E-state index contributed by atoms with van der Waals surface area (Å²) in [5.74, 6) is -0.687. The molecule has 0 aliphatic heterocycles. The van der Waals surface area contributed by atoms with Gasteiger partial charge in [0.15, 0.2) is 5.82 Å². The zero-order valence-electron chi connectivity index (χ0n) is 13.7. The van der Waals surface area contributed by atoms with E-state index in [2.05, 4.69) is 16.5 Å². The van der Waals surface area contributed by atoms with E-state index in [4.69, 9.17) is 21.4 Å². The molecule has 130 valence electrons. The zero-order chi connectivity index (χ0) is 18.0. The van der Waals surface area contributed by atoms with Crippen LogP contribution in [-0.2, 0) is 4.79 Å². The predicted molar refractivity (Wildman–Crippen MR) is 95.3 cm³/mol. The highest BCUT2D eigenvalue weighted by molar-refractivity contribution is 6.33. The minimum atomic E-state index is -0.796. The molecule has 25 heavy (non-hydrogen) atoms. The molecule has 0 atom stereocenters. The van der Waals surface area contributed by atoms with Gasteiger partial charge >= 0.3 is 12.0 Å². The third-order valence-corrected chi connectivity index (χ3v) is 4.47. The van der Waals surface area contributed by atoms with Crippen molar-refractivity contribution in [1.29, 1.82) is 0 Å². The number of ether oxygens (including phenoxy) is 1. The van der Waals surface area contributed by atoms with Crippen molar-refractivity contribution in [3.05, 3.63) is 53.8 Å². The molecule has 2 aromatic rings. The lowest BCUT2D eigenvalue weighted by molar-refractivity contribution is -0.148. The Bertz CT molecular complexity index is 806. The van der Waals surface area contributed by atoms with E-state index in [1.807, 2.05) is 31.2 Å². The second-order valence-corrected chi connectivity index (χ2v) is 6.32. The summed E-state index contributed by atoms with van der Waals surface area (Å²) in [5, 5.41) is 9.30. The van der Waals surface area contributed by atoms with Gasteiger partial charge in [0.05, 0.1) is 12.1 Å². The molecule has 1 aliphatic carbocycles. The van der Waals surface area contributed by atoms with Crippen molar-refractivity contribution in [1.82, 2.24) is 9.97 Å². The van der Waals surface area contributed by atoms with Crippen molar-refractivity contribution in [3.63, 3.8) is 0 Å². The maximum Gasteiger partial charge on any atom is 0.318 e. The van der Waals surface area contributed by atoms with Gasteiger partial charge in [0.1, 0.15) is 11.1 Å². The average Bonchev–Trinajstić information content (AvgIpc) is 2.55. The van der Waals surface area contributed by atoms with Crippen LogP contribution >= 0.6 is 11.6 Å². The summed E-state index contributed by atoms with van der Waals surface area (Å²) in [6, 6.07) is 7.98. The lowest BCUT2D eigenvalue weighted by Gasteiger charge is -2.31. The lowest BCUT2D eigenvalue weighted by Crippen LogP contribution is -2.38. The number of anilines is 2.